The van der Waals surface area contributed by atoms with Crippen molar-refractivity contribution in [2.75, 3.05) is 6.61 Å². The standard InChI is InChI=1S/C15H16O3/c1-2-17-10-7-8-14-12(9-10)15(16)11-5-3-4-6-13(11)18-14/h7-9H,2-6H2,1H3. The maximum atomic E-state index is 12.4. The van der Waals surface area contributed by atoms with Crippen molar-refractivity contribution >= 4 is 11.0 Å². The highest BCUT2D eigenvalue weighted by Crippen LogP contribution is 2.25. The Hall–Kier alpha value is -1.77. The molecule has 0 saturated carbocycles. The van der Waals surface area contributed by atoms with Gasteiger partial charge in [-0.2, -0.15) is 0 Å². The number of benzene rings is 1. The van der Waals surface area contributed by atoms with Crippen LogP contribution in [0.2, 0.25) is 0 Å². The third kappa shape index (κ3) is 1.80. The molecular weight excluding hydrogens is 228 g/mol. The second-order valence-electron chi connectivity index (χ2n) is 4.63. The number of fused-ring (bicyclic) bond motifs is 2. The molecule has 1 aromatic carbocycles. The first-order valence-corrected chi connectivity index (χ1v) is 6.51. The largest absolute Gasteiger partial charge is 0.494 e. The molecule has 0 amide bonds. The van der Waals surface area contributed by atoms with Gasteiger partial charge in [-0.05, 0) is 44.4 Å². The smallest absolute Gasteiger partial charge is 0.196 e. The van der Waals surface area contributed by atoms with E-state index in [1.807, 2.05) is 19.1 Å². The van der Waals surface area contributed by atoms with Crippen molar-refractivity contribution in [3.05, 3.63) is 39.7 Å². The van der Waals surface area contributed by atoms with Crippen LogP contribution in [0.1, 0.15) is 31.1 Å². The fraction of sp³-hybridized carbons (Fsp3) is 0.400. The van der Waals surface area contributed by atoms with Crippen molar-refractivity contribution in [1.29, 1.82) is 0 Å². The van der Waals surface area contributed by atoms with Crippen LogP contribution in [0.25, 0.3) is 11.0 Å². The molecule has 0 N–H and O–H groups in total. The highest BCUT2D eigenvalue weighted by atomic mass is 16.5. The zero-order chi connectivity index (χ0) is 12.5. The second-order valence-corrected chi connectivity index (χ2v) is 4.63. The van der Waals surface area contributed by atoms with Crippen LogP contribution in [0.5, 0.6) is 5.75 Å². The molecule has 1 aliphatic carbocycles. The van der Waals surface area contributed by atoms with Gasteiger partial charge >= 0.3 is 0 Å². The van der Waals surface area contributed by atoms with E-state index in [4.69, 9.17) is 9.15 Å². The summed E-state index contributed by atoms with van der Waals surface area (Å²) < 4.78 is 11.3. The Balaban J connectivity index is 2.23. The summed E-state index contributed by atoms with van der Waals surface area (Å²) in [5.41, 5.74) is 1.65. The summed E-state index contributed by atoms with van der Waals surface area (Å²) in [5, 5.41) is 0.640. The first-order chi connectivity index (χ1) is 8.79. The van der Waals surface area contributed by atoms with E-state index in [1.165, 1.54) is 0 Å². The molecule has 0 saturated heterocycles. The summed E-state index contributed by atoms with van der Waals surface area (Å²) >= 11 is 0. The van der Waals surface area contributed by atoms with Crippen LogP contribution < -0.4 is 10.2 Å². The van der Waals surface area contributed by atoms with Gasteiger partial charge in [-0.25, -0.2) is 0 Å². The Morgan fingerprint density at radius 3 is 2.94 bits per heavy atom. The monoisotopic (exact) mass is 244 g/mol. The van der Waals surface area contributed by atoms with Crippen LogP contribution in [-0.2, 0) is 12.8 Å². The van der Waals surface area contributed by atoms with Gasteiger partial charge in [0.05, 0.1) is 12.0 Å². The molecule has 94 valence electrons. The molecule has 18 heavy (non-hydrogen) atoms. The summed E-state index contributed by atoms with van der Waals surface area (Å²) in [6.07, 6.45) is 3.91. The van der Waals surface area contributed by atoms with E-state index in [9.17, 15) is 4.79 Å². The Morgan fingerprint density at radius 1 is 1.28 bits per heavy atom. The lowest BCUT2D eigenvalue weighted by Crippen LogP contribution is -2.16. The van der Waals surface area contributed by atoms with Gasteiger partial charge in [-0.1, -0.05) is 0 Å². The quantitative estimate of drug-likeness (QED) is 0.815. The van der Waals surface area contributed by atoms with Crippen LogP contribution in [0, 0.1) is 0 Å². The van der Waals surface area contributed by atoms with Gasteiger partial charge < -0.3 is 9.15 Å². The molecule has 0 spiro atoms. The van der Waals surface area contributed by atoms with Gasteiger partial charge in [0.15, 0.2) is 5.43 Å². The maximum Gasteiger partial charge on any atom is 0.196 e. The molecule has 1 heterocycles. The number of ether oxygens (including phenoxy) is 1. The lowest BCUT2D eigenvalue weighted by molar-refractivity contribution is 0.340. The zero-order valence-corrected chi connectivity index (χ0v) is 10.5. The van der Waals surface area contributed by atoms with E-state index in [2.05, 4.69) is 0 Å². The summed E-state index contributed by atoms with van der Waals surface area (Å²) in [4.78, 5) is 12.4. The Kier molecular flexibility index (Phi) is 2.82. The molecule has 0 bridgehead atoms. The van der Waals surface area contributed by atoms with Crippen LogP contribution in [0.4, 0.5) is 0 Å². The molecule has 3 heteroatoms. The minimum Gasteiger partial charge on any atom is -0.494 e. The fourth-order valence-corrected chi connectivity index (χ4v) is 2.56. The molecule has 2 aromatic rings. The SMILES string of the molecule is CCOc1ccc2oc3c(c(=O)c2c1)CCCC3. The summed E-state index contributed by atoms with van der Waals surface area (Å²) in [6.45, 7) is 2.53. The Labute approximate surface area is 105 Å². The predicted octanol–water partition coefficient (Wildman–Crippen LogP) is 3.07. The molecule has 0 unspecified atom stereocenters. The summed E-state index contributed by atoms with van der Waals surface area (Å²) in [6, 6.07) is 5.47. The Bertz CT molecular complexity index is 640. The van der Waals surface area contributed by atoms with E-state index in [0.717, 1.165) is 42.8 Å². The molecule has 0 atom stereocenters. The third-order valence-corrected chi connectivity index (χ3v) is 3.43. The van der Waals surface area contributed by atoms with Gasteiger partial charge in [-0.3, -0.25) is 4.79 Å². The van der Waals surface area contributed by atoms with Gasteiger partial charge in [0, 0.05) is 12.0 Å². The van der Waals surface area contributed by atoms with Gasteiger partial charge in [-0.15, -0.1) is 0 Å². The maximum absolute atomic E-state index is 12.4. The van der Waals surface area contributed by atoms with Gasteiger partial charge in [0.1, 0.15) is 17.1 Å². The van der Waals surface area contributed by atoms with Crippen LogP contribution in [0.15, 0.2) is 27.4 Å². The number of hydrogen-bond donors (Lipinski definition) is 0. The lowest BCUT2D eigenvalue weighted by atomic mass is 9.96. The first-order valence-electron chi connectivity index (χ1n) is 6.51. The number of hydrogen-bond acceptors (Lipinski definition) is 3. The normalized spacial score (nSPS) is 14.5. The van der Waals surface area contributed by atoms with E-state index >= 15 is 0 Å². The van der Waals surface area contributed by atoms with Crippen molar-refractivity contribution in [3.8, 4) is 5.75 Å². The summed E-state index contributed by atoms with van der Waals surface area (Å²) in [5.74, 6) is 1.61. The zero-order valence-electron chi connectivity index (χ0n) is 10.5. The van der Waals surface area contributed by atoms with Crippen molar-refractivity contribution in [1.82, 2.24) is 0 Å². The van der Waals surface area contributed by atoms with Crippen molar-refractivity contribution in [2.45, 2.75) is 32.6 Å². The molecule has 3 rings (SSSR count). The minimum atomic E-state index is 0.118. The molecule has 0 radical (unpaired) electrons. The molecule has 0 aliphatic heterocycles. The highest BCUT2D eigenvalue weighted by Gasteiger charge is 2.17. The molecular formula is C15H16O3. The van der Waals surface area contributed by atoms with Crippen molar-refractivity contribution in [3.63, 3.8) is 0 Å². The second kappa shape index (κ2) is 4.48. The van der Waals surface area contributed by atoms with Crippen molar-refractivity contribution in [2.24, 2.45) is 0 Å². The van der Waals surface area contributed by atoms with Crippen molar-refractivity contribution < 1.29 is 9.15 Å². The predicted molar refractivity (Wildman–Crippen MR) is 70.3 cm³/mol. The summed E-state index contributed by atoms with van der Waals surface area (Å²) in [7, 11) is 0. The van der Waals surface area contributed by atoms with Crippen LogP contribution in [0.3, 0.4) is 0 Å². The molecule has 0 fully saturated rings. The lowest BCUT2D eigenvalue weighted by Gasteiger charge is -2.14. The van der Waals surface area contributed by atoms with Gasteiger partial charge in [0.25, 0.3) is 0 Å². The highest BCUT2D eigenvalue weighted by molar-refractivity contribution is 5.79. The third-order valence-electron chi connectivity index (χ3n) is 3.43. The van der Waals surface area contributed by atoms with Crippen LogP contribution in [-0.4, -0.2) is 6.61 Å². The van der Waals surface area contributed by atoms with E-state index in [0.29, 0.717) is 17.6 Å². The fourth-order valence-electron chi connectivity index (χ4n) is 2.56. The van der Waals surface area contributed by atoms with E-state index < -0.39 is 0 Å². The van der Waals surface area contributed by atoms with E-state index in [1.54, 1.807) is 6.07 Å². The molecule has 1 aromatic heterocycles. The molecule has 3 nitrogen and oxygen atoms in total. The minimum absolute atomic E-state index is 0.118. The molecule has 1 aliphatic rings. The average Bonchev–Trinajstić information content (AvgIpc) is 2.40. The number of aryl methyl sites for hydroxylation is 1. The average molecular weight is 244 g/mol. The topological polar surface area (TPSA) is 39.4 Å². The van der Waals surface area contributed by atoms with E-state index in [-0.39, 0.29) is 5.43 Å². The number of rotatable bonds is 2. The van der Waals surface area contributed by atoms with Crippen LogP contribution >= 0.6 is 0 Å². The first kappa shape index (κ1) is 11.3. The Morgan fingerprint density at radius 2 is 2.11 bits per heavy atom. The van der Waals surface area contributed by atoms with Gasteiger partial charge in [0.2, 0.25) is 0 Å².